The molecule has 7 heteroatoms. The summed E-state index contributed by atoms with van der Waals surface area (Å²) >= 11 is 2.92. The van der Waals surface area contributed by atoms with Crippen LogP contribution in [0.25, 0.3) is 0 Å². The van der Waals surface area contributed by atoms with Crippen LogP contribution in [0.4, 0.5) is 17.6 Å². The zero-order valence-electron chi connectivity index (χ0n) is 7.09. The second kappa shape index (κ2) is 5.20. The maximum Gasteiger partial charge on any atom is 0.387 e. The van der Waals surface area contributed by atoms with E-state index in [4.69, 9.17) is 0 Å². The van der Waals surface area contributed by atoms with Crippen LogP contribution in [0.15, 0.2) is 22.7 Å². The lowest BCUT2D eigenvalue weighted by atomic mass is 10.3. The van der Waals surface area contributed by atoms with Gasteiger partial charge in [-0.3, -0.25) is 0 Å². The minimum Gasteiger partial charge on any atom is -0.435 e. The van der Waals surface area contributed by atoms with E-state index in [1.54, 1.807) is 0 Å². The standard InChI is InChI=1S/C8H5BrF4O2/c9-5-2-1-4(14-7(10)11)3-6(5)15-8(12)13/h1-3,7-8H. The van der Waals surface area contributed by atoms with Crippen LogP contribution in [0.3, 0.4) is 0 Å². The van der Waals surface area contributed by atoms with Gasteiger partial charge in [0.1, 0.15) is 11.5 Å². The molecule has 0 aliphatic rings. The monoisotopic (exact) mass is 288 g/mol. The molecule has 1 aromatic rings. The molecule has 0 saturated carbocycles. The second-order valence-corrected chi connectivity index (χ2v) is 3.20. The largest absolute Gasteiger partial charge is 0.435 e. The van der Waals surface area contributed by atoms with E-state index < -0.39 is 13.2 Å². The van der Waals surface area contributed by atoms with Crippen molar-refractivity contribution in [1.29, 1.82) is 0 Å². The summed E-state index contributed by atoms with van der Waals surface area (Å²) in [4.78, 5) is 0. The summed E-state index contributed by atoms with van der Waals surface area (Å²) in [5.74, 6) is -0.507. The third kappa shape index (κ3) is 3.94. The minimum absolute atomic E-state index is 0.226. The van der Waals surface area contributed by atoms with Crippen LogP contribution in [-0.2, 0) is 0 Å². The van der Waals surface area contributed by atoms with E-state index >= 15 is 0 Å². The van der Waals surface area contributed by atoms with E-state index in [-0.39, 0.29) is 16.0 Å². The maximum atomic E-state index is 11.9. The zero-order chi connectivity index (χ0) is 11.4. The number of rotatable bonds is 4. The first kappa shape index (κ1) is 12.1. The van der Waals surface area contributed by atoms with Gasteiger partial charge in [0.2, 0.25) is 0 Å². The molecule has 0 N–H and O–H groups in total. The lowest BCUT2D eigenvalue weighted by Gasteiger charge is -2.09. The third-order valence-corrected chi connectivity index (χ3v) is 2.00. The number of halogens is 5. The van der Waals surface area contributed by atoms with Crippen molar-refractivity contribution in [2.75, 3.05) is 0 Å². The van der Waals surface area contributed by atoms with Crippen molar-refractivity contribution in [1.82, 2.24) is 0 Å². The molecule has 0 unspecified atom stereocenters. The van der Waals surface area contributed by atoms with Crippen LogP contribution in [-0.4, -0.2) is 13.2 Å². The fourth-order valence-corrected chi connectivity index (χ4v) is 1.19. The molecule has 0 spiro atoms. The van der Waals surface area contributed by atoms with Gasteiger partial charge in [-0.25, -0.2) is 0 Å². The van der Waals surface area contributed by atoms with E-state index in [1.165, 1.54) is 12.1 Å². The second-order valence-electron chi connectivity index (χ2n) is 2.35. The van der Waals surface area contributed by atoms with Gasteiger partial charge in [0.05, 0.1) is 4.47 Å². The van der Waals surface area contributed by atoms with E-state index in [9.17, 15) is 17.6 Å². The Morgan fingerprint density at radius 1 is 1.00 bits per heavy atom. The van der Waals surface area contributed by atoms with Gasteiger partial charge in [0, 0.05) is 6.07 Å². The highest BCUT2D eigenvalue weighted by Gasteiger charge is 2.11. The van der Waals surface area contributed by atoms with Crippen LogP contribution < -0.4 is 9.47 Å². The summed E-state index contributed by atoms with van der Waals surface area (Å²) in [7, 11) is 0. The zero-order valence-corrected chi connectivity index (χ0v) is 8.68. The Balaban J connectivity index is 2.85. The molecule has 1 rings (SSSR count). The van der Waals surface area contributed by atoms with Crippen molar-refractivity contribution in [2.24, 2.45) is 0 Å². The molecule has 0 saturated heterocycles. The van der Waals surface area contributed by atoms with Crippen LogP contribution in [0.2, 0.25) is 0 Å². The van der Waals surface area contributed by atoms with Crippen LogP contribution in [0.1, 0.15) is 0 Å². The van der Waals surface area contributed by atoms with Crippen molar-refractivity contribution in [2.45, 2.75) is 13.2 Å². The summed E-state index contributed by atoms with van der Waals surface area (Å²) in [6.07, 6.45) is 0. The Labute approximate surface area is 90.9 Å². The lowest BCUT2D eigenvalue weighted by molar-refractivity contribution is -0.0545. The van der Waals surface area contributed by atoms with Gasteiger partial charge < -0.3 is 9.47 Å². The number of benzene rings is 1. The predicted octanol–water partition coefficient (Wildman–Crippen LogP) is 3.65. The topological polar surface area (TPSA) is 18.5 Å². The highest BCUT2D eigenvalue weighted by Crippen LogP contribution is 2.31. The summed E-state index contributed by atoms with van der Waals surface area (Å²) in [5.41, 5.74) is 0. The van der Waals surface area contributed by atoms with Gasteiger partial charge in [-0.15, -0.1) is 0 Å². The number of hydrogen-bond donors (Lipinski definition) is 0. The molecule has 0 fully saturated rings. The molecule has 0 heterocycles. The Bertz CT molecular complexity index is 332. The average molecular weight is 289 g/mol. The van der Waals surface area contributed by atoms with Crippen molar-refractivity contribution in [3.05, 3.63) is 22.7 Å². The van der Waals surface area contributed by atoms with E-state index in [2.05, 4.69) is 25.4 Å². The average Bonchev–Trinajstić information content (AvgIpc) is 2.09. The Morgan fingerprint density at radius 3 is 2.13 bits per heavy atom. The number of ether oxygens (including phenoxy) is 2. The smallest absolute Gasteiger partial charge is 0.387 e. The molecule has 0 aliphatic carbocycles. The first-order valence-corrected chi connectivity index (χ1v) is 4.47. The number of alkyl halides is 4. The van der Waals surface area contributed by atoms with Crippen molar-refractivity contribution in [3.8, 4) is 11.5 Å². The van der Waals surface area contributed by atoms with Gasteiger partial charge in [0.25, 0.3) is 0 Å². The minimum atomic E-state index is -3.02. The van der Waals surface area contributed by atoms with E-state index in [0.29, 0.717) is 0 Å². The van der Waals surface area contributed by atoms with Crippen molar-refractivity contribution >= 4 is 15.9 Å². The Morgan fingerprint density at radius 2 is 1.60 bits per heavy atom. The van der Waals surface area contributed by atoms with Crippen LogP contribution in [0.5, 0.6) is 11.5 Å². The fraction of sp³-hybridized carbons (Fsp3) is 0.250. The molecule has 0 bridgehead atoms. The molecule has 2 nitrogen and oxygen atoms in total. The highest BCUT2D eigenvalue weighted by atomic mass is 79.9. The normalized spacial score (nSPS) is 10.9. The Hall–Kier alpha value is -0.980. The third-order valence-electron chi connectivity index (χ3n) is 1.34. The van der Waals surface area contributed by atoms with Gasteiger partial charge in [-0.05, 0) is 28.1 Å². The van der Waals surface area contributed by atoms with Gasteiger partial charge in [-0.2, -0.15) is 17.6 Å². The van der Waals surface area contributed by atoms with Crippen molar-refractivity contribution in [3.63, 3.8) is 0 Å². The molecule has 0 aromatic heterocycles. The SMILES string of the molecule is FC(F)Oc1ccc(Br)c(OC(F)F)c1. The molecule has 84 valence electrons. The van der Waals surface area contributed by atoms with Gasteiger partial charge in [-0.1, -0.05) is 0 Å². The molecular formula is C8H5BrF4O2. The van der Waals surface area contributed by atoms with E-state index in [0.717, 1.165) is 6.07 Å². The van der Waals surface area contributed by atoms with Crippen molar-refractivity contribution < 1.29 is 27.0 Å². The first-order chi connectivity index (χ1) is 6.99. The summed E-state index contributed by atoms with van der Waals surface area (Å²) in [6.45, 7) is -6.03. The lowest BCUT2D eigenvalue weighted by Crippen LogP contribution is -2.05. The first-order valence-electron chi connectivity index (χ1n) is 3.68. The molecule has 0 aliphatic heterocycles. The molecule has 1 aromatic carbocycles. The Kier molecular flexibility index (Phi) is 4.19. The molecule has 0 amide bonds. The maximum absolute atomic E-state index is 11.9. The fourth-order valence-electron chi connectivity index (χ4n) is 0.846. The number of hydrogen-bond acceptors (Lipinski definition) is 2. The molecule has 0 radical (unpaired) electrons. The summed E-state index contributed by atoms with van der Waals surface area (Å²) < 4.78 is 55.6. The van der Waals surface area contributed by atoms with Crippen LogP contribution in [0, 0.1) is 0 Å². The van der Waals surface area contributed by atoms with E-state index in [1.807, 2.05) is 0 Å². The molecule has 0 atom stereocenters. The molecular weight excluding hydrogens is 284 g/mol. The quantitative estimate of drug-likeness (QED) is 0.788. The molecule has 15 heavy (non-hydrogen) atoms. The van der Waals surface area contributed by atoms with Crippen LogP contribution >= 0.6 is 15.9 Å². The summed E-state index contributed by atoms with van der Waals surface area (Å²) in [6, 6.07) is 3.42. The van der Waals surface area contributed by atoms with Gasteiger partial charge in [0.15, 0.2) is 0 Å². The highest BCUT2D eigenvalue weighted by molar-refractivity contribution is 9.10. The van der Waals surface area contributed by atoms with Gasteiger partial charge >= 0.3 is 13.2 Å². The summed E-state index contributed by atoms with van der Waals surface area (Å²) in [5, 5.41) is 0. The predicted molar refractivity (Wildman–Crippen MR) is 47.4 cm³/mol.